The number of carbonyl (C=O) groups excluding carboxylic acids is 3. The average molecular weight is 310 g/mol. The van der Waals surface area contributed by atoms with Crippen LogP contribution >= 0.6 is 0 Å². The van der Waals surface area contributed by atoms with Crippen LogP contribution in [-0.2, 0) is 4.79 Å². The molecule has 0 saturated heterocycles. The van der Waals surface area contributed by atoms with Gasteiger partial charge in [-0.15, -0.1) is 0 Å². The Morgan fingerprint density at radius 2 is 1.52 bits per heavy atom. The van der Waals surface area contributed by atoms with Crippen LogP contribution in [0, 0.1) is 0 Å². The highest BCUT2D eigenvalue weighted by molar-refractivity contribution is 6.30. The maximum atomic E-state index is 12.7. The SMILES string of the molecule is CC(=O)Oc1c(C(=O)O)ccc2c1C(=O)c1ccccc1C2=O. The monoisotopic (exact) mass is 310 g/mol. The summed E-state index contributed by atoms with van der Waals surface area (Å²) in [5, 5.41) is 9.24. The number of fused-ring (bicyclic) bond motifs is 2. The van der Waals surface area contributed by atoms with Crippen LogP contribution in [0.5, 0.6) is 5.75 Å². The summed E-state index contributed by atoms with van der Waals surface area (Å²) in [5.74, 6) is -3.49. The number of carboxylic acids is 1. The van der Waals surface area contributed by atoms with Gasteiger partial charge in [-0.25, -0.2) is 4.79 Å². The van der Waals surface area contributed by atoms with Gasteiger partial charge in [-0.05, 0) is 12.1 Å². The van der Waals surface area contributed by atoms with Crippen molar-refractivity contribution in [3.05, 3.63) is 64.2 Å². The molecule has 23 heavy (non-hydrogen) atoms. The molecule has 3 rings (SSSR count). The van der Waals surface area contributed by atoms with Gasteiger partial charge in [0.1, 0.15) is 5.56 Å². The quantitative estimate of drug-likeness (QED) is 0.575. The first-order valence-electron chi connectivity index (χ1n) is 6.69. The Labute approximate surface area is 130 Å². The van der Waals surface area contributed by atoms with E-state index in [2.05, 4.69) is 0 Å². The van der Waals surface area contributed by atoms with Gasteiger partial charge in [-0.3, -0.25) is 14.4 Å². The van der Waals surface area contributed by atoms with Gasteiger partial charge in [0, 0.05) is 23.6 Å². The average Bonchev–Trinajstić information content (AvgIpc) is 2.51. The van der Waals surface area contributed by atoms with Crippen molar-refractivity contribution < 1.29 is 29.0 Å². The molecule has 2 aromatic rings. The van der Waals surface area contributed by atoms with E-state index in [0.29, 0.717) is 0 Å². The van der Waals surface area contributed by atoms with Crippen LogP contribution in [0.3, 0.4) is 0 Å². The predicted molar refractivity (Wildman–Crippen MR) is 78.0 cm³/mol. The molecule has 1 aliphatic rings. The third kappa shape index (κ3) is 2.20. The van der Waals surface area contributed by atoms with Gasteiger partial charge >= 0.3 is 11.9 Å². The van der Waals surface area contributed by atoms with E-state index in [4.69, 9.17) is 4.74 Å². The van der Waals surface area contributed by atoms with Gasteiger partial charge in [-0.1, -0.05) is 24.3 Å². The maximum Gasteiger partial charge on any atom is 0.339 e. The number of ketones is 2. The molecular formula is C17H10O6. The third-order valence-electron chi connectivity index (χ3n) is 3.52. The Balaban J connectivity index is 2.34. The number of aromatic carboxylic acids is 1. The van der Waals surface area contributed by atoms with Crippen molar-refractivity contribution in [1.82, 2.24) is 0 Å². The van der Waals surface area contributed by atoms with Gasteiger partial charge in [-0.2, -0.15) is 0 Å². The molecule has 0 atom stereocenters. The van der Waals surface area contributed by atoms with Gasteiger partial charge in [0.15, 0.2) is 17.3 Å². The Morgan fingerprint density at radius 3 is 2.09 bits per heavy atom. The normalized spacial score (nSPS) is 12.4. The minimum Gasteiger partial charge on any atom is -0.478 e. The van der Waals surface area contributed by atoms with E-state index < -0.39 is 29.3 Å². The van der Waals surface area contributed by atoms with Crippen molar-refractivity contribution in [1.29, 1.82) is 0 Å². The van der Waals surface area contributed by atoms with Crippen LogP contribution in [-0.4, -0.2) is 28.6 Å². The van der Waals surface area contributed by atoms with Crippen molar-refractivity contribution in [3.8, 4) is 5.75 Å². The lowest BCUT2D eigenvalue weighted by molar-refractivity contribution is -0.131. The Bertz CT molecular complexity index is 894. The van der Waals surface area contributed by atoms with E-state index in [1.165, 1.54) is 18.2 Å². The second kappa shape index (κ2) is 5.17. The molecule has 0 heterocycles. The summed E-state index contributed by atoms with van der Waals surface area (Å²) >= 11 is 0. The molecule has 6 heteroatoms. The molecule has 0 aliphatic heterocycles. The van der Waals surface area contributed by atoms with Gasteiger partial charge in [0.25, 0.3) is 0 Å². The lowest BCUT2D eigenvalue weighted by atomic mass is 9.82. The highest BCUT2D eigenvalue weighted by Gasteiger charge is 2.34. The first kappa shape index (κ1) is 14.6. The fourth-order valence-electron chi connectivity index (χ4n) is 2.57. The maximum absolute atomic E-state index is 12.7. The Morgan fingerprint density at radius 1 is 0.913 bits per heavy atom. The lowest BCUT2D eigenvalue weighted by Gasteiger charge is -2.20. The van der Waals surface area contributed by atoms with Crippen LogP contribution in [0.4, 0.5) is 0 Å². The van der Waals surface area contributed by atoms with E-state index >= 15 is 0 Å². The lowest BCUT2D eigenvalue weighted by Crippen LogP contribution is -2.23. The summed E-state index contributed by atoms with van der Waals surface area (Å²) in [6, 6.07) is 8.65. The van der Waals surface area contributed by atoms with Gasteiger partial charge in [0.2, 0.25) is 0 Å². The molecule has 0 radical (unpaired) electrons. The molecule has 0 saturated carbocycles. The zero-order chi connectivity index (χ0) is 16.7. The van der Waals surface area contributed by atoms with Gasteiger partial charge in [0.05, 0.1) is 5.56 Å². The minimum atomic E-state index is -1.36. The number of hydrogen-bond donors (Lipinski definition) is 1. The third-order valence-corrected chi connectivity index (χ3v) is 3.52. The van der Waals surface area contributed by atoms with Crippen molar-refractivity contribution >= 4 is 23.5 Å². The summed E-state index contributed by atoms with van der Waals surface area (Å²) in [4.78, 5) is 47.9. The zero-order valence-corrected chi connectivity index (χ0v) is 12.0. The molecule has 0 aromatic heterocycles. The van der Waals surface area contributed by atoms with E-state index in [-0.39, 0.29) is 27.8 Å². The fourth-order valence-corrected chi connectivity index (χ4v) is 2.57. The van der Waals surface area contributed by atoms with Crippen LogP contribution in [0.25, 0.3) is 0 Å². The molecule has 0 unspecified atom stereocenters. The summed E-state index contributed by atoms with van der Waals surface area (Å²) < 4.78 is 4.95. The molecule has 1 N–H and O–H groups in total. The first-order chi connectivity index (χ1) is 10.9. The Kier molecular flexibility index (Phi) is 3.29. The van der Waals surface area contributed by atoms with Crippen LogP contribution in [0.1, 0.15) is 49.1 Å². The van der Waals surface area contributed by atoms with Crippen LogP contribution < -0.4 is 4.74 Å². The van der Waals surface area contributed by atoms with E-state index in [1.807, 2.05) is 0 Å². The van der Waals surface area contributed by atoms with Crippen molar-refractivity contribution in [2.75, 3.05) is 0 Å². The molecular weight excluding hydrogens is 300 g/mol. The van der Waals surface area contributed by atoms with E-state index in [0.717, 1.165) is 13.0 Å². The fraction of sp³-hybridized carbons (Fsp3) is 0.0588. The number of esters is 1. The standard InChI is InChI=1S/C17H10O6/c1-8(18)23-16-12(17(21)22)7-6-11-13(16)15(20)10-5-3-2-4-9(10)14(11)19/h2-7H,1H3,(H,21,22). The minimum absolute atomic E-state index is 0.0231. The number of benzene rings is 2. The summed E-state index contributed by atoms with van der Waals surface area (Å²) in [6.45, 7) is 1.09. The number of hydrogen-bond acceptors (Lipinski definition) is 5. The smallest absolute Gasteiger partial charge is 0.339 e. The molecule has 114 valence electrons. The largest absolute Gasteiger partial charge is 0.478 e. The second-order valence-corrected chi connectivity index (χ2v) is 4.97. The topological polar surface area (TPSA) is 97.7 Å². The van der Waals surface area contributed by atoms with E-state index in [1.54, 1.807) is 12.1 Å². The van der Waals surface area contributed by atoms with Crippen molar-refractivity contribution in [2.24, 2.45) is 0 Å². The molecule has 1 aliphatic carbocycles. The van der Waals surface area contributed by atoms with E-state index in [9.17, 15) is 24.3 Å². The molecule has 0 fully saturated rings. The zero-order valence-electron chi connectivity index (χ0n) is 12.0. The van der Waals surface area contributed by atoms with Crippen molar-refractivity contribution in [2.45, 2.75) is 6.92 Å². The van der Waals surface area contributed by atoms with Crippen molar-refractivity contribution in [3.63, 3.8) is 0 Å². The predicted octanol–water partition coefficient (Wildman–Crippen LogP) is 2.09. The molecule has 0 bridgehead atoms. The summed E-state index contributed by atoms with van der Waals surface area (Å²) in [5.41, 5.74) is -0.124. The number of carbonyl (C=O) groups is 4. The molecule has 6 nitrogen and oxygen atoms in total. The highest BCUT2D eigenvalue weighted by atomic mass is 16.5. The number of rotatable bonds is 2. The van der Waals surface area contributed by atoms with Crippen LogP contribution in [0.2, 0.25) is 0 Å². The summed E-state index contributed by atoms with van der Waals surface area (Å²) in [7, 11) is 0. The molecule has 2 aromatic carbocycles. The van der Waals surface area contributed by atoms with Crippen LogP contribution in [0.15, 0.2) is 36.4 Å². The second-order valence-electron chi connectivity index (χ2n) is 4.97. The summed E-state index contributed by atoms with van der Waals surface area (Å²) in [6.07, 6.45) is 0. The Hall–Kier alpha value is -3.28. The number of carboxylic acid groups (broad SMARTS) is 1. The molecule has 0 amide bonds. The van der Waals surface area contributed by atoms with Gasteiger partial charge < -0.3 is 9.84 Å². The molecule has 0 spiro atoms. The number of ether oxygens (including phenoxy) is 1. The first-order valence-corrected chi connectivity index (χ1v) is 6.69. The highest BCUT2D eigenvalue weighted by Crippen LogP contribution is 2.35.